The Bertz CT molecular complexity index is 438. The van der Waals surface area contributed by atoms with Crippen LogP contribution < -0.4 is 11.1 Å². The van der Waals surface area contributed by atoms with Crippen molar-refractivity contribution in [2.75, 3.05) is 18.4 Å². The molecule has 0 spiro atoms. The number of nitrogens with one attached hydrogen (secondary N) is 1. The van der Waals surface area contributed by atoms with Crippen LogP contribution in [0.2, 0.25) is 0 Å². The lowest BCUT2D eigenvalue weighted by Gasteiger charge is -2.34. The summed E-state index contributed by atoms with van der Waals surface area (Å²) in [6.45, 7) is 3.42. The molecule has 4 heteroatoms. The van der Waals surface area contributed by atoms with E-state index in [-0.39, 0.29) is 6.03 Å². The van der Waals surface area contributed by atoms with Gasteiger partial charge in [0.25, 0.3) is 0 Å². The first-order valence-electron chi connectivity index (χ1n) is 8.05. The SMILES string of the molecule is Cc1ccc(NC(=O)N(CCCN)C2CCCCC2)cc1. The Morgan fingerprint density at radius 3 is 2.52 bits per heavy atom. The minimum absolute atomic E-state index is 0.0132. The Kier molecular flexibility index (Phi) is 6.05. The van der Waals surface area contributed by atoms with Crippen LogP contribution in [-0.4, -0.2) is 30.1 Å². The summed E-state index contributed by atoms with van der Waals surface area (Å²) in [7, 11) is 0. The van der Waals surface area contributed by atoms with Gasteiger partial charge >= 0.3 is 6.03 Å². The number of nitrogens with two attached hydrogens (primary N) is 1. The van der Waals surface area contributed by atoms with Gasteiger partial charge in [-0.05, 0) is 44.9 Å². The quantitative estimate of drug-likeness (QED) is 0.871. The molecule has 1 aliphatic carbocycles. The molecular weight excluding hydrogens is 262 g/mol. The number of benzene rings is 1. The van der Waals surface area contributed by atoms with E-state index in [2.05, 4.69) is 5.32 Å². The third-order valence-electron chi connectivity index (χ3n) is 4.18. The maximum atomic E-state index is 12.6. The van der Waals surface area contributed by atoms with E-state index in [1.54, 1.807) is 0 Å². The van der Waals surface area contributed by atoms with Crippen molar-refractivity contribution >= 4 is 11.7 Å². The molecule has 116 valence electrons. The summed E-state index contributed by atoms with van der Waals surface area (Å²) in [5.74, 6) is 0. The van der Waals surface area contributed by atoms with Crippen LogP contribution in [0.15, 0.2) is 24.3 Å². The van der Waals surface area contributed by atoms with Gasteiger partial charge in [-0.1, -0.05) is 37.0 Å². The number of hydrogen-bond donors (Lipinski definition) is 2. The van der Waals surface area contributed by atoms with Gasteiger partial charge in [0, 0.05) is 18.3 Å². The maximum absolute atomic E-state index is 12.6. The van der Waals surface area contributed by atoms with Crippen molar-refractivity contribution in [1.82, 2.24) is 4.90 Å². The monoisotopic (exact) mass is 289 g/mol. The van der Waals surface area contributed by atoms with Crippen LogP contribution in [0.5, 0.6) is 0 Å². The van der Waals surface area contributed by atoms with Gasteiger partial charge in [0.2, 0.25) is 0 Å². The fourth-order valence-electron chi connectivity index (χ4n) is 2.94. The van der Waals surface area contributed by atoms with Crippen molar-refractivity contribution in [1.29, 1.82) is 0 Å². The molecular formula is C17H27N3O. The third-order valence-corrected chi connectivity index (χ3v) is 4.18. The molecule has 0 heterocycles. The molecule has 0 unspecified atom stereocenters. The smallest absolute Gasteiger partial charge is 0.322 e. The van der Waals surface area contributed by atoms with Gasteiger partial charge in [-0.25, -0.2) is 4.79 Å². The molecule has 0 bridgehead atoms. The molecule has 1 fully saturated rings. The fourth-order valence-corrected chi connectivity index (χ4v) is 2.94. The highest BCUT2D eigenvalue weighted by atomic mass is 16.2. The Labute approximate surface area is 127 Å². The van der Waals surface area contributed by atoms with E-state index in [0.717, 1.165) is 31.5 Å². The van der Waals surface area contributed by atoms with Crippen LogP contribution >= 0.6 is 0 Å². The summed E-state index contributed by atoms with van der Waals surface area (Å²) < 4.78 is 0. The number of aryl methyl sites for hydroxylation is 1. The molecule has 1 saturated carbocycles. The molecule has 1 aromatic carbocycles. The van der Waals surface area contributed by atoms with E-state index < -0.39 is 0 Å². The summed E-state index contributed by atoms with van der Waals surface area (Å²) in [5, 5.41) is 3.02. The minimum atomic E-state index is 0.0132. The third kappa shape index (κ3) is 4.74. The molecule has 3 N–H and O–H groups in total. The van der Waals surface area contributed by atoms with E-state index in [1.165, 1.54) is 24.8 Å². The van der Waals surface area contributed by atoms with Crippen LogP contribution in [0.25, 0.3) is 0 Å². The molecule has 0 aromatic heterocycles. The van der Waals surface area contributed by atoms with Gasteiger partial charge in [-0.15, -0.1) is 0 Å². The van der Waals surface area contributed by atoms with Gasteiger partial charge < -0.3 is 16.0 Å². The van der Waals surface area contributed by atoms with Crippen molar-refractivity contribution in [2.45, 2.75) is 51.5 Å². The number of hydrogen-bond acceptors (Lipinski definition) is 2. The summed E-state index contributed by atoms with van der Waals surface area (Å²) in [6, 6.07) is 8.32. The number of carbonyl (C=O) groups excluding carboxylic acids is 1. The fraction of sp³-hybridized carbons (Fsp3) is 0.588. The number of rotatable bonds is 5. The van der Waals surface area contributed by atoms with Crippen LogP contribution in [0.1, 0.15) is 44.1 Å². The van der Waals surface area contributed by atoms with E-state index in [0.29, 0.717) is 12.6 Å². The highest BCUT2D eigenvalue weighted by Crippen LogP contribution is 2.23. The van der Waals surface area contributed by atoms with E-state index in [9.17, 15) is 4.79 Å². The van der Waals surface area contributed by atoms with Gasteiger partial charge in [-0.3, -0.25) is 0 Å². The molecule has 0 radical (unpaired) electrons. The first-order chi connectivity index (χ1) is 10.2. The Morgan fingerprint density at radius 1 is 1.24 bits per heavy atom. The molecule has 21 heavy (non-hydrogen) atoms. The standard InChI is InChI=1S/C17H27N3O/c1-14-8-10-15(11-9-14)19-17(21)20(13-5-12-18)16-6-3-2-4-7-16/h8-11,16H,2-7,12-13,18H2,1H3,(H,19,21). The lowest BCUT2D eigenvalue weighted by Crippen LogP contribution is -2.44. The number of anilines is 1. The second kappa shape index (κ2) is 8.03. The molecule has 4 nitrogen and oxygen atoms in total. The summed E-state index contributed by atoms with van der Waals surface area (Å²) >= 11 is 0. The largest absolute Gasteiger partial charge is 0.330 e. The van der Waals surface area contributed by atoms with Crippen molar-refractivity contribution < 1.29 is 4.79 Å². The van der Waals surface area contributed by atoms with E-state index in [1.807, 2.05) is 36.1 Å². The van der Waals surface area contributed by atoms with Gasteiger partial charge in [0.1, 0.15) is 0 Å². The number of amides is 2. The van der Waals surface area contributed by atoms with Crippen LogP contribution in [0.3, 0.4) is 0 Å². The zero-order valence-electron chi connectivity index (χ0n) is 13.0. The highest BCUT2D eigenvalue weighted by molar-refractivity contribution is 5.89. The average Bonchev–Trinajstić information content (AvgIpc) is 2.51. The first kappa shape index (κ1) is 15.8. The second-order valence-corrected chi connectivity index (χ2v) is 5.92. The summed E-state index contributed by atoms with van der Waals surface area (Å²) in [6.07, 6.45) is 6.83. The summed E-state index contributed by atoms with van der Waals surface area (Å²) in [5.41, 5.74) is 7.67. The molecule has 2 rings (SSSR count). The molecule has 0 aliphatic heterocycles. The highest BCUT2D eigenvalue weighted by Gasteiger charge is 2.24. The lowest BCUT2D eigenvalue weighted by molar-refractivity contribution is 0.167. The van der Waals surface area contributed by atoms with Crippen molar-refractivity contribution in [3.05, 3.63) is 29.8 Å². The molecule has 1 aliphatic rings. The van der Waals surface area contributed by atoms with Gasteiger partial charge in [0.05, 0.1) is 0 Å². The predicted molar refractivity (Wildman–Crippen MR) is 87.4 cm³/mol. The number of urea groups is 1. The topological polar surface area (TPSA) is 58.4 Å². The van der Waals surface area contributed by atoms with Crippen LogP contribution in [0.4, 0.5) is 10.5 Å². The van der Waals surface area contributed by atoms with Crippen LogP contribution in [0, 0.1) is 6.92 Å². The van der Waals surface area contributed by atoms with Gasteiger partial charge in [0.15, 0.2) is 0 Å². The first-order valence-corrected chi connectivity index (χ1v) is 8.05. The lowest BCUT2D eigenvalue weighted by atomic mass is 9.94. The molecule has 0 saturated heterocycles. The second-order valence-electron chi connectivity index (χ2n) is 5.92. The van der Waals surface area contributed by atoms with Gasteiger partial charge in [-0.2, -0.15) is 0 Å². The molecule has 1 aromatic rings. The normalized spacial score (nSPS) is 15.7. The summed E-state index contributed by atoms with van der Waals surface area (Å²) in [4.78, 5) is 14.6. The molecule has 0 atom stereocenters. The van der Waals surface area contributed by atoms with Crippen molar-refractivity contribution in [3.63, 3.8) is 0 Å². The Morgan fingerprint density at radius 2 is 1.90 bits per heavy atom. The zero-order chi connectivity index (χ0) is 15.1. The predicted octanol–water partition coefficient (Wildman–Crippen LogP) is 3.51. The average molecular weight is 289 g/mol. The maximum Gasteiger partial charge on any atom is 0.322 e. The Balaban J connectivity index is 2.00. The number of carbonyl (C=O) groups is 1. The van der Waals surface area contributed by atoms with Crippen molar-refractivity contribution in [3.8, 4) is 0 Å². The van der Waals surface area contributed by atoms with Crippen molar-refractivity contribution in [2.24, 2.45) is 5.73 Å². The zero-order valence-corrected chi connectivity index (χ0v) is 13.0. The van der Waals surface area contributed by atoms with E-state index >= 15 is 0 Å². The van der Waals surface area contributed by atoms with Crippen LogP contribution in [-0.2, 0) is 0 Å². The minimum Gasteiger partial charge on any atom is -0.330 e. The Hall–Kier alpha value is -1.55. The number of nitrogens with zero attached hydrogens (tertiary/aromatic N) is 1. The van der Waals surface area contributed by atoms with E-state index in [4.69, 9.17) is 5.73 Å². The molecule has 2 amide bonds.